The smallest absolute Gasteiger partial charge is 0.0828 e. The van der Waals surface area contributed by atoms with E-state index < -0.39 is 0 Å². The van der Waals surface area contributed by atoms with Gasteiger partial charge in [0, 0.05) is 31.8 Å². The summed E-state index contributed by atoms with van der Waals surface area (Å²) in [4.78, 5) is 2.51. The third-order valence-electron chi connectivity index (χ3n) is 3.45. The van der Waals surface area contributed by atoms with Crippen LogP contribution < -0.4 is 5.73 Å². The van der Waals surface area contributed by atoms with Gasteiger partial charge < -0.3 is 10.5 Å². The van der Waals surface area contributed by atoms with Crippen molar-refractivity contribution in [1.82, 2.24) is 4.90 Å². The number of nitrogens with two attached hydrogens (primary N) is 1. The highest BCUT2D eigenvalue weighted by Crippen LogP contribution is 2.29. The molecule has 1 saturated heterocycles. The van der Waals surface area contributed by atoms with E-state index in [2.05, 4.69) is 25.7 Å². The first-order valence-corrected chi connectivity index (χ1v) is 6.02. The van der Waals surface area contributed by atoms with Crippen molar-refractivity contribution in [1.29, 1.82) is 0 Å². The highest BCUT2D eigenvalue weighted by Gasteiger charge is 2.36. The van der Waals surface area contributed by atoms with Crippen molar-refractivity contribution in [3.05, 3.63) is 0 Å². The van der Waals surface area contributed by atoms with Crippen LogP contribution in [0.2, 0.25) is 0 Å². The summed E-state index contributed by atoms with van der Waals surface area (Å²) in [5.41, 5.74) is 6.06. The molecule has 15 heavy (non-hydrogen) atoms. The molecule has 1 rings (SSSR count). The highest BCUT2D eigenvalue weighted by atomic mass is 16.5. The first kappa shape index (κ1) is 12.9. The van der Waals surface area contributed by atoms with E-state index in [0.29, 0.717) is 6.54 Å². The quantitative estimate of drug-likeness (QED) is 0.776. The van der Waals surface area contributed by atoms with Gasteiger partial charge in [-0.1, -0.05) is 0 Å². The van der Waals surface area contributed by atoms with Gasteiger partial charge in [0.15, 0.2) is 0 Å². The van der Waals surface area contributed by atoms with E-state index >= 15 is 0 Å². The lowest BCUT2D eigenvalue weighted by molar-refractivity contribution is -0.0841. The fourth-order valence-electron chi connectivity index (χ4n) is 2.30. The fraction of sp³-hybridized carbons (Fsp3) is 1.00. The summed E-state index contributed by atoms with van der Waals surface area (Å²) < 4.78 is 5.83. The monoisotopic (exact) mass is 214 g/mol. The molecule has 0 unspecified atom stereocenters. The molecule has 1 fully saturated rings. The number of rotatable bonds is 3. The molecule has 0 radical (unpaired) electrons. The molecule has 0 amide bonds. The van der Waals surface area contributed by atoms with Crippen molar-refractivity contribution in [3.63, 3.8) is 0 Å². The van der Waals surface area contributed by atoms with E-state index in [0.717, 1.165) is 32.5 Å². The van der Waals surface area contributed by atoms with E-state index in [-0.39, 0.29) is 11.1 Å². The minimum atomic E-state index is -0.0451. The van der Waals surface area contributed by atoms with Gasteiger partial charge in [-0.15, -0.1) is 0 Å². The number of hydrogen-bond acceptors (Lipinski definition) is 3. The van der Waals surface area contributed by atoms with Crippen LogP contribution in [0.25, 0.3) is 0 Å². The zero-order valence-corrected chi connectivity index (χ0v) is 10.7. The fourth-order valence-corrected chi connectivity index (χ4v) is 2.30. The maximum absolute atomic E-state index is 5.84. The van der Waals surface area contributed by atoms with E-state index in [1.165, 1.54) is 0 Å². The first-order chi connectivity index (χ1) is 6.93. The lowest BCUT2D eigenvalue weighted by atomic mass is 9.88. The molecule has 1 heterocycles. The van der Waals surface area contributed by atoms with Crippen molar-refractivity contribution >= 4 is 0 Å². The topological polar surface area (TPSA) is 38.5 Å². The highest BCUT2D eigenvalue weighted by molar-refractivity contribution is 4.92. The molecule has 0 saturated carbocycles. The predicted octanol–water partition coefficient (Wildman–Crippen LogP) is 1.61. The number of likely N-dealkylation sites (tertiary alicyclic amines) is 1. The van der Waals surface area contributed by atoms with Crippen LogP contribution in [-0.2, 0) is 4.74 Å². The second kappa shape index (κ2) is 4.81. The van der Waals surface area contributed by atoms with Gasteiger partial charge in [0.25, 0.3) is 0 Å². The molecule has 0 aliphatic carbocycles. The lowest BCUT2D eigenvalue weighted by Crippen LogP contribution is -2.54. The maximum Gasteiger partial charge on any atom is 0.0828 e. The average Bonchev–Trinajstić information content (AvgIpc) is 2.17. The zero-order chi connectivity index (χ0) is 11.5. The Balaban J connectivity index is 2.53. The van der Waals surface area contributed by atoms with E-state index in [4.69, 9.17) is 10.5 Å². The molecule has 1 aliphatic rings. The van der Waals surface area contributed by atoms with Gasteiger partial charge >= 0.3 is 0 Å². The Labute approximate surface area is 94.0 Å². The Morgan fingerprint density at radius 3 is 2.13 bits per heavy atom. The van der Waals surface area contributed by atoms with Crippen molar-refractivity contribution in [3.8, 4) is 0 Å². The summed E-state index contributed by atoms with van der Waals surface area (Å²) in [6.45, 7) is 12.5. The van der Waals surface area contributed by atoms with E-state index in [1.807, 2.05) is 6.92 Å². The normalized spacial score (nSPS) is 23.0. The zero-order valence-electron chi connectivity index (χ0n) is 10.7. The molecule has 0 aromatic carbocycles. The summed E-state index contributed by atoms with van der Waals surface area (Å²) in [7, 11) is 0. The van der Waals surface area contributed by atoms with Crippen LogP contribution in [0.3, 0.4) is 0 Å². The van der Waals surface area contributed by atoms with Crippen LogP contribution in [0.4, 0.5) is 0 Å². The number of hydrogen-bond donors (Lipinski definition) is 1. The van der Waals surface area contributed by atoms with Crippen molar-refractivity contribution in [2.24, 2.45) is 5.73 Å². The van der Waals surface area contributed by atoms with Gasteiger partial charge in [0.05, 0.1) is 5.60 Å². The number of nitrogens with zero attached hydrogens (tertiary/aromatic N) is 1. The molecule has 0 atom stereocenters. The van der Waals surface area contributed by atoms with Crippen LogP contribution in [-0.4, -0.2) is 42.3 Å². The Kier molecular flexibility index (Phi) is 4.15. The molecular formula is C12H26N2O. The SMILES string of the molecule is CCOC1(CN)CCN(C(C)(C)C)CC1. The molecule has 0 bridgehead atoms. The molecule has 0 spiro atoms. The van der Waals surface area contributed by atoms with Crippen LogP contribution in [0.5, 0.6) is 0 Å². The third kappa shape index (κ3) is 3.16. The predicted molar refractivity (Wildman–Crippen MR) is 64.0 cm³/mol. The Bertz CT molecular complexity index is 190. The van der Waals surface area contributed by atoms with Crippen LogP contribution in [0, 0.1) is 0 Å². The van der Waals surface area contributed by atoms with Crippen LogP contribution >= 0.6 is 0 Å². The summed E-state index contributed by atoms with van der Waals surface area (Å²) in [5.74, 6) is 0. The van der Waals surface area contributed by atoms with Gasteiger partial charge in [-0.2, -0.15) is 0 Å². The molecule has 1 aliphatic heterocycles. The summed E-state index contributed by atoms with van der Waals surface area (Å²) >= 11 is 0. The van der Waals surface area contributed by atoms with Crippen molar-refractivity contribution in [2.75, 3.05) is 26.2 Å². The molecule has 0 aromatic heterocycles. The van der Waals surface area contributed by atoms with Gasteiger partial charge in [0.2, 0.25) is 0 Å². The summed E-state index contributed by atoms with van der Waals surface area (Å²) in [6.07, 6.45) is 2.13. The van der Waals surface area contributed by atoms with Gasteiger partial charge in [-0.3, -0.25) is 4.90 Å². The molecule has 2 N–H and O–H groups in total. The average molecular weight is 214 g/mol. The van der Waals surface area contributed by atoms with E-state index in [9.17, 15) is 0 Å². The second-order valence-electron chi connectivity index (χ2n) is 5.48. The molecule has 3 nitrogen and oxygen atoms in total. The van der Waals surface area contributed by atoms with Crippen molar-refractivity contribution < 1.29 is 4.74 Å². The summed E-state index contributed by atoms with van der Waals surface area (Å²) in [5, 5.41) is 0. The van der Waals surface area contributed by atoms with Gasteiger partial charge in [-0.05, 0) is 40.5 Å². The van der Waals surface area contributed by atoms with Gasteiger partial charge in [-0.25, -0.2) is 0 Å². The van der Waals surface area contributed by atoms with Crippen molar-refractivity contribution in [2.45, 2.75) is 51.7 Å². The molecular weight excluding hydrogens is 188 g/mol. The standard InChI is InChI=1S/C12H26N2O/c1-5-15-12(10-13)6-8-14(9-7-12)11(2,3)4/h5-10,13H2,1-4H3. The minimum Gasteiger partial charge on any atom is -0.374 e. The van der Waals surface area contributed by atoms with Crippen LogP contribution in [0.1, 0.15) is 40.5 Å². The van der Waals surface area contributed by atoms with E-state index in [1.54, 1.807) is 0 Å². The molecule has 3 heteroatoms. The third-order valence-corrected chi connectivity index (χ3v) is 3.45. The maximum atomic E-state index is 5.84. The van der Waals surface area contributed by atoms with Crippen LogP contribution in [0.15, 0.2) is 0 Å². The lowest BCUT2D eigenvalue weighted by Gasteiger charge is -2.45. The number of piperidine rings is 1. The minimum absolute atomic E-state index is 0.0451. The Morgan fingerprint density at radius 2 is 1.80 bits per heavy atom. The second-order valence-corrected chi connectivity index (χ2v) is 5.48. The Morgan fingerprint density at radius 1 is 1.27 bits per heavy atom. The van der Waals surface area contributed by atoms with Gasteiger partial charge in [0.1, 0.15) is 0 Å². The molecule has 90 valence electrons. The first-order valence-electron chi connectivity index (χ1n) is 6.02. The largest absolute Gasteiger partial charge is 0.374 e. The number of ether oxygens (including phenoxy) is 1. The molecule has 0 aromatic rings. The Hall–Kier alpha value is -0.120. The summed E-state index contributed by atoms with van der Waals surface area (Å²) in [6, 6.07) is 0.